The minimum atomic E-state index is -0.804. The van der Waals surface area contributed by atoms with Gasteiger partial charge in [0.1, 0.15) is 11.6 Å². The number of para-hydroxylation sites is 1. The number of nitrogens with one attached hydrogen (secondary N) is 2. The Balaban J connectivity index is 1.80. The van der Waals surface area contributed by atoms with E-state index in [2.05, 4.69) is 15.6 Å². The molecular formula is C22H26N4O2. The first-order chi connectivity index (χ1) is 13.3. The van der Waals surface area contributed by atoms with Gasteiger partial charge in [0, 0.05) is 30.4 Å². The van der Waals surface area contributed by atoms with Crippen LogP contribution in [0.5, 0.6) is 5.75 Å². The molecule has 1 aliphatic heterocycles. The maximum atomic E-state index is 10.5. The third-order valence-corrected chi connectivity index (χ3v) is 5.44. The highest BCUT2D eigenvalue weighted by atomic mass is 16.3. The van der Waals surface area contributed by atoms with Gasteiger partial charge in [-0.15, -0.1) is 0 Å². The van der Waals surface area contributed by atoms with E-state index < -0.39 is 5.60 Å². The summed E-state index contributed by atoms with van der Waals surface area (Å²) in [5, 5.41) is 28.7. The highest BCUT2D eigenvalue weighted by Crippen LogP contribution is 2.32. The maximum Gasteiger partial charge on any atom is 0.165 e. The van der Waals surface area contributed by atoms with Gasteiger partial charge in [-0.25, -0.2) is 9.97 Å². The third-order valence-electron chi connectivity index (χ3n) is 5.44. The van der Waals surface area contributed by atoms with Gasteiger partial charge < -0.3 is 20.8 Å². The molecule has 0 spiro atoms. The summed E-state index contributed by atoms with van der Waals surface area (Å²) in [6, 6.07) is 13.3. The monoisotopic (exact) mass is 378 g/mol. The largest absolute Gasteiger partial charge is 0.507 e. The van der Waals surface area contributed by atoms with E-state index in [9.17, 15) is 10.2 Å². The van der Waals surface area contributed by atoms with Gasteiger partial charge in [0.25, 0.3) is 0 Å². The van der Waals surface area contributed by atoms with Crippen molar-refractivity contribution in [1.82, 2.24) is 15.3 Å². The van der Waals surface area contributed by atoms with E-state index in [4.69, 9.17) is 4.98 Å². The first-order valence-electron chi connectivity index (χ1n) is 9.59. The Labute approximate surface area is 164 Å². The highest BCUT2D eigenvalue weighted by molar-refractivity contribution is 5.91. The number of aromatic nitrogens is 2. The van der Waals surface area contributed by atoms with Crippen LogP contribution in [-0.2, 0) is 0 Å². The smallest absolute Gasteiger partial charge is 0.165 e. The molecule has 0 bridgehead atoms. The van der Waals surface area contributed by atoms with Crippen LogP contribution in [0.2, 0.25) is 0 Å². The minimum absolute atomic E-state index is 0.0391. The molecule has 4 rings (SSSR count). The number of phenolic OH excluding ortho intramolecular Hbond substituents is 1. The fourth-order valence-electron chi connectivity index (χ4n) is 3.88. The fourth-order valence-corrected chi connectivity index (χ4v) is 3.88. The molecule has 146 valence electrons. The van der Waals surface area contributed by atoms with E-state index >= 15 is 0 Å². The Hall–Kier alpha value is -2.70. The molecule has 1 saturated heterocycles. The number of anilines is 1. The molecule has 0 aliphatic carbocycles. The zero-order valence-electron chi connectivity index (χ0n) is 16.4. The molecule has 1 unspecified atom stereocenters. The van der Waals surface area contributed by atoms with Crippen LogP contribution in [0.15, 0.2) is 42.5 Å². The molecule has 4 N–H and O–H groups in total. The molecular weight excluding hydrogens is 352 g/mol. The molecule has 0 radical (unpaired) electrons. The second kappa shape index (κ2) is 7.04. The van der Waals surface area contributed by atoms with Gasteiger partial charge in [-0.3, -0.25) is 0 Å². The maximum absolute atomic E-state index is 10.5. The predicted molar refractivity (Wildman–Crippen MR) is 111 cm³/mol. The minimum Gasteiger partial charge on any atom is -0.507 e. The van der Waals surface area contributed by atoms with Crippen LogP contribution >= 0.6 is 0 Å². The third kappa shape index (κ3) is 3.53. The van der Waals surface area contributed by atoms with Crippen LogP contribution in [0.1, 0.15) is 19.4 Å². The summed E-state index contributed by atoms with van der Waals surface area (Å²) in [7, 11) is 0. The number of phenols is 1. The Morgan fingerprint density at radius 3 is 2.68 bits per heavy atom. The van der Waals surface area contributed by atoms with E-state index in [0.717, 1.165) is 29.6 Å². The lowest BCUT2D eigenvalue weighted by molar-refractivity contribution is 0.0219. The van der Waals surface area contributed by atoms with Crippen molar-refractivity contribution >= 4 is 16.7 Å². The van der Waals surface area contributed by atoms with Gasteiger partial charge in [-0.05, 0) is 45.0 Å². The molecule has 28 heavy (non-hydrogen) atoms. The fraction of sp³-hybridized carbons (Fsp3) is 0.364. The van der Waals surface area contributed by atoms with Crippen LogP contribution in [0, 0.1) is 12.8 Å². The van der Waals surface area contributed by atoms with Crippen molar-refractivity contribution in [2.75, 3.05) is 18.4 Å². The summed E-state index contributed by atoms with van der Waals surface area (Å²) >= 11 is 0. The Morgan fingerprint density at radius 2 is 1.89 bits per heavy atom. The Kier molecular flexibility index (Phi) is 4.69. The van der Waals surface area contributed by atoms with E-state index in [1.54, 1.807) is 6.07 Å². The number of aliphatic hydroxyl groups is 1. The van der Waals surface area contributed by atoms with Crippen LogP contribution in [0.25, 0.3) is 22.3 Å². The molecule has 1 fully saturated rings. The van der Waals surface area contributed by atoms with E-state index in [1.807, 2.05) is 57.2 Å². The quantitative estimate of drug-likeness (QED) is 0.558. The molecule has 2 heterocycles. The molecule has 0 amide bonds. The van der Waals surface area contributed by atoms with Crippen LogP contribution in [-0.4, -0.2) is 44.9 Å². The van der Waals surface area contributed by atoms with Gasteiger partial charge >= 0.3 is 0 Å². The topological polar surface area (TPSA) is 90.3 Å². The lowest BCUT2D eigenvalue weighted by atomic mass is 9.87. The van der Waals surface area contributed by atoms with Crippen LogP contribution in [0.4, 0.5) is 5.82 Å². The standard InChI is InChI=1S/C22H26N4O2/c1-13-8-9-19(27)15(10-13)21-24-17-7-5-4-6-14(17)20(26-21)25-18-12-23-11-16(18)22(2,3)28/h4-10,16,18,23,27-28H,11-12H2,1-3H3,(H,24,25,26)/t16-,18?/m1/s1. The van der Waals surface area contributed by atoms with Crippen molar-refractivity contribution < 1.29 is 10.2 Å². The van der Waals surface area contributed by atoms with Crippen LogP contribution < -0.4 is 10.6 Å². The zero-order chi connectivity index (χ0) is 19.9. The molecule has 0 saturated carbocycles. The van der Waals surface area contributed by atoms with Crippen molar-refractivity contribution in [3.63, 3.8) is 0 Å². The van der Waals surface area contributed by atoms with Crippen molar-refractivity contribution in [3.8, 4) is 17.1 Å². The summed E-state index contributed by atoms with van der Waals surface area (Å²) in [4.78, 5) is 9.44. The summed E-state index contributed by atoms with van der Waals surface area (Å²) < 4.78 is 0. The van der Waals surface area contributed by atoms with Gasteiger partial charge in [0.15, 0.2) is 5.82 Å². The van der Waals surface area contributed by atoms with Crippen molar-refractivity contribution in [2.24, 2.45) is 5.92 Å². The van der Waals surface area contributed by atoms with Crippen molar-refractivity contribution in [1.29, 1.82) is 0 Å². The first-order valence-corrected chi connectivity index (χ1v) is 9.59. The molecule has 6 heteroatoms. The van der Waals surface area contributed by atoms with Gasteiger partial charge in [0.05, 0.1) is 16.7 Å². The summed E-state index contributed by atoms with van der Waals surface area (Å²) in [5.41, 5.74) is 1.64. The second-order valence-corrected chi connectivity index (χ2v) is 8.10. The molecule has 1 aliphatic rings. The average molecular weight is 378 g/mol. The summed E-state index contributed by atoms with van der Waals surface area (Å²) in [6.45, 7) is 7.15. The average Bonchev–Trinajstić information content (AvgIpc) is 3.12. The number of fused-ring (bicyclic) bond motifs is 1. The Bertz CT molecular complexity index is 1010. The number of nitrogens with zero attached hydrogens (tertiary/aromatic N) is 2. The summed E-state index contributed by atoms with van der Waals surface area (Å²) in [5.74, 6) is 1.40. The number of rotatable bonds is 4. The molecule has 2 atom stereocenters. The van der Waals surface area contributed by atoms with E-state index in [0.29, 0.717) is 17.2 Å². The van der Waals surface area contributed by atoms with Crippen molar-refractivity contribution in [3.05, 3.63) is 48.0 Å². The number of aryl methyl sites for hydroxylation is 1. The van der Waals surface area contributed by atoms with E-state index in [-0.39, 0.29) is 17.7 Å². The van der Waals surface area contributed by atoms with Crippen molar-refractivity contribution in [2.45, 2.75) is 32.4 Å². The highest BCUT2D eigenvalue weighted by Gasteiger charge is 2.38. The lowest BCUT2D eigenvalue weighted by Gasteiger charge is -2.31. The Morgan fingerprint density at radius 1 is 1.11 bits per heavy atom. The number of hydrogen-bond acceptors (Lipinski definition) is 6. The first kappa shape index (κ1) is 18.7. The molecule has 2 aromatic carbocycles. The number of hydrogen-bond donors (Lipinski definition) is 4. The molecule has 1 aromatic heterocycles. The predicted octanol–water partition coefficient (Wildman–Crippen LogP) is 3.08. The zero-order valence-corrected chi connectivity index (χ0v) is 16.4. The normalized spacial score (nSPS) is 19.9. The van der Waals surface area contributed by atoms with Gasteiger partial charge in [-0.1, -0.05) is 23.8 Å². The SMILES string of the molecule is Cc1ccc(O)c(-c2nc(NC3CNC[C@H]3C(C)(C)O)c3ccccc3n2)c1. The van der Waals surface area contributed by atoms with Gasteiger partial charge in [-0.2, -0.15) is 0 Å². The van der Waals surface area contributed by atoms with E-state index in [1.165, 1.54) is 0 Å². The van der Waals surface area contributed by atoms with Crippen LogP contribution in [0.3, 0.4) is 0 Å². The second-order valence-electron chi connectivity index (χ2n) is 8.10. The molecule has 3 aromatic rings. The number of aromatic hydroxyl groups is 1. The molecule has 6 nitrogen and oxygen atoms in total. The lowest BCUT2D eigenvalue weighted by Crippen LogP contribution is -2.42. The van der Waals surface area contributed by atoms with Gasteiger partial charge in [0.2, 0.25) is 0 Å². The summed E-state index contributed by atoms with van der Waals surface area (Å²) in [6.07, 6.45) is 0. The number of benzene rings is 2.